The number of thioether (sulfide) groups is 1. The van der Waals surface area contributed by atoms with Crippen molar-refractivity contribution in [3.63, 3.8) is 0 Å². The number of pyridine rings is 1. The monoisotopic (exact) mass is 280 g/mol. The Bertz CT molecular complexity index is 471. The Morgan fingerprint density at radius 2 is 2.11 bits per heavy atom. The predicted molar refractivity (Wildman–Crippen MR) is 79.2 cm³/mol. The molecule has 104 valence electrons. The number of aryl methyl sites for hydroxylation is 2. The highest BCUT2D eigenvalue weighted by Gasteiger charge is 2.22. The zero-order chi connectivity index (χ0) is 13.8. The molecule has 1 aromatic heterocycles. The summed E-state index contributed by atoms with van der Waals surface area (Å²) in [6, 6.07) is 2.00. The number of carbonyl (C=O) groups excluding carboxylic acids is 1. The maximum atomic E-state index is 12.1. The Morgan fingerprint density at radius 3 is 2.74 bits per heavy atom. The highest BCUT2D eigenvalue weighted by Crippen LogP contribution is 2.27. The van der Waals surface area contributed by atoms with Crippen molar-refractivity contribution < 1.29 is 9.53 Å². The third kappa shape index (κ3) is 3.21. The van der Waals surface area contributed by atoms with Gasteiger partial charge in [0.25, 0.3) is 0 Å². The molecule has 0 bridgehead atoms. The minimum atomic E-state index is -0.263. The number of hydrogen-bond acceptors (Lipinski definition) is 5. The summed E-state index contributed by atoms with van der Waals surface area (Å²) in [6.45, 7) is 8.00. The van der Waals surface area contributed by atoms with Crippen LogP contribution in [0.2, 0.25) is 0 Å². The van der Waals surface area contributed by atoms with E-state index < -0.39 is 0 Å². The van der Waals surface area contributed by atoms with Crippen molar-refractivity contribution in [1.29, 1.82) is 0 Å². The van der Waals surface area contributed by atoms with Gasteiger partial charge in [-0.05, 0) is 26.8 Å². The Labute approximate surface area is 118 Å². The fourth-order valence-corrected chi connectivity index (χ4v) is 3.22. The molecule has 2 heterocycles. The van der Waals surface area contributed by atoms with Gasteiger partial charge in [0.1, 0.15) is 5.56 Å². The zero-order valence-corrected chi connectivity index (χ0v) is 12.5. The summed E-state index contributed by atoms with van der Waals surface area (Å²) in [5.41, 5.74) is 3.30. The first-order chi connectivity index (χ1) is 9.13. The van der Waals surface area contributed by atoms with Crippen LogP contribution in [0.15, 0.2) is 6.07 Å². The van der Waals surface area contributed by atoms with E-state index in [1.807, 2.05) is 38.6 Å². The van der Waals surface area contributed by atoms with Crippen molar-refractivity contribution >= 4 is 23.4 Å². The van der Waals surface area contributed by atoms with Crippen molar-refractivity contribution in [2.45, 2.75) is 20.8 Å². The molecule has 0 aliphatic carbocycles. The molecule has 0 radical (unpaired) electrons. The van der Waals surface area contributed by atoms with Gasteiger partial charge in [0.2, 0.25) is 0 Å². The first-order valence-electron chi connectivity index (χ1n) is 6.61. The maximum Gasteiger partial charge on any atom is 0.342 e. The van der Waals surface area contributed by atoms with Crippen molar-refractivity contribution in [3.8, 4) is 0 Å². The largest absolute Gasteiger partial charge is 0.462 e. The average molecular weight is 280 g/mol. The number of esters is 1. The molecule has 2 rings (SSSR count). The molecule has 1 aliphatic rings. The summed E-state index contributed by atoms with van der Waals surface area (Å²) in [5, 5.41) is 0. The molecule has 0 atom stereocenters. The van der Waals surface area contributed by atoms with Crippen LogP contribution in [0.1, 0.15) is 28.7 Å². The van der Waals surface area contributed by atoms with E-state index >= 15 is 0 Å². The van der Waals surface area contributed by atoms with Gasteiger partial charge >= 0.3 is 5.97 Å². The van der Waals surface area contributed by atoms with E-state index in [1.165, 1.54) is 0 Å². The van der Waals surface area contributed by atoms with E-state index in [-0.39, 0.29) is 5.97 Å². The van der Waals surface area contributed by atoms with E-state index in [2.05, 4.69) is 9.88 Å². The third-order valence-electron chi connectivity index (χ3n) is 3.14. The smallest absolute Gasteiger partial charge is 0.342 e. The Morgan fingerprint density at radius 1 is 1.42 bits per heavy atom. The molecule has 1 fully saturated rings. The second-order valence-electron chi connectivity index (χ2n) is 4.56. The van der Waals surface area contributed by atoms with Crippen LogP contribution in [0.5, 0.6) is 0 Å². The lowest BCUT2D eigenvalue weighted by atomic mass is 10.1. The molecule has 0 saturated carbocycles. The molecule has 1 aromatic rings. The number of anilines is 1. The van der Waals surface area contributed by atoms with Gasteiger partial charge in [0, 0.05) is 30.3 Å². The standard InChI is InChI=1S/C14H20N2O2S/c1-4-18-14(17)13-11(3)15-10(2)9-12(13)16-5-7-19-8-6-16/h9H,4-8H2,1-3H3. The highest BCUT2D eigenvalue weighted by atomic mass is 32.2. The number of nitrogens with zero attached hydrogens (tertiary/aromatic N) is 2. The third-order valence-corrected chi connectivity index (χ3v) is 4.08. The molecule has 0 aromatic carbocycles. The molecule has 1 saturated heterocycles. The van der Waals surface area contributed by atoms with Crippen LogP contribution in [-0.4, -0.2) is 42.2 Å². The molecule has 19 heavy (non-hydrogen) atoms. The minimum absolute atomic E-state index is 0.263. The number of aromatic nitrogens is 1. The summed E-state index contributed by atoms with van der Waals surface area (Å²) in [6.07, 6.45) is 0. The van der Waals surface area contributed by atoms with Crippen molar-refractivity contribution in [3.05, 3.63) is 23.0 Å². The van der Waals surface area contributed by atoms with Crippen LogP contribution in [0, 0.1) is 13.8 Å². The van der Waals surface area contributed by atoms with Crippen LogP contribution >= 0.6 is 11.8 Å². The lowest BCUT2D eigenvalue weighted by Crippen LogP contribution is -2.34. The molecule has 0 unspecified atom stereocenters. The van der Waals surface area contributed by atoms with Gasteiger partial charge < -0.3 is 9.64 Å². The maximum absolute atomic E-state index is 12.1. The molecule has 0 amide bonds. The number of rotatable bonds is 3. The molecule has 1 aliphatic heterocycles. The van der Waals surface area contributed by atoms with Gasteiger partial charge in [-0.2, -0.15) is 11.8 Å². The number of hydrogen-bond donors (Lipinski definition) is 0. The summed E-state index contributed by atoms with van der Waals surface area (Å²) >= 11 is 1.95. The van der Waals surface area contributed by atoms with Gasteiger partial charge in [0.15, 0.2) is 0 Å². The summed E-state index contributed by atoms with van der Waals surface area (Å²) < 4.78 is 5.17. The van der Waals surface area contributed by atoms with Gasteiger partial charge in [-0.1, -0.05) is 0 Å². The Kier molecular flexibility index (Phi) is 4.69. The van der Waals surface area contributed by atoms with E-state index in [4.69, 9.17) is 4.74 Å². The van der Waals surface area contributed by atoms with E-state index in [0.29, 0.717) is 12.2 Å². The van der Waals surface area contributed by atoms with Crippen molar-refractivity contribution in [2.75, 3.05) is 36.1 Å². The molecule has 0 N–H and O–H groups in total. The van der Waals surface area contributed by atoms with Crippen LogP contribution in [0.25, 0.3) is 0 Å². The fourth-order valence-electron chi connectivity index (χ4n) is 2.32. The molecular formula is C14H20N2O2S. The topological polar surface area (TPSA) is 42.4 Å². The van der Waals surface area contributed by atoms with E-state index in [1.54, 1.807) is 0 Å². The normalized spacial score (nSPS) is 15.4. The van der Waals surface area contributed by atoms with Crippen LogP contribution in [0.3, 0.4) is 0 Å². The number of carbonyl (C=O) groups is 1. The molecule has 4 nitrogen and oxygen atoms in total. The minimum Gasteiger partial charge on any atom is -0.462 e. The average Bonchev–Trinajstić information content (AvgIpc) is 2.39. The molecular weight excluding hydrogens is 260 g/mol. The van der Waals surface area contributed by atoms with E-state index in [0.717, 1.165) is 41.7 Å². The molecule has 0 spiro atoms. The van der Waals surface area contributed by atoms with Crippen LogP contribution in [0.4, 0.5) is 5.69 Å². The Balaban J connectivity index is 2.41. The van der Waals surface area contributed by atoms with Gasteiger partial charge in [0.05, 0.1) is 18.0 Å². The lowest BCUT2D eigenvalue weighted by Gasteiger charge is -2.30. The SMILES string of the molecule is CCOC(=O)c1c(N2CCSCC2)cc(C)nc1C. The number of ether oxygens (including phenoxy) is 1. The predicted octanol–water partition coefficient (Wildman–Crippen LogP) is 2.43. The quantitative estimate of drug-likeness (QED) is 0.796. The lowest BCUT2D eigenvalue weighted by molar-refractivity contribution is 0.0525. The Hall–Kier alpha value is -1.23. The first kappa shape index (κ1) is 14.2. The van der Waals surface area contributed by atoms with Gasteiger partial charge in [-0.3, -0.25) is 4.98 Å². The fraction of sp³-hybridized carbons (Fsp3) is 0.571. The summed E-state index contributed by atoms with van der Waals surface area (Å²) in [7, 11) is 0. The second kappa shape index (κ2) is 6.28. The van der Waals surface area contributed by atoms with Crippen LogP contribution < -0.4 is 4.90 Å². The van der Waals surface area contributed by atoms with Gasteiger partial charge in [-0.15, -0.1) is 0 Å². The highest BCUT2D eigenvalue weighted by molar-refractivity contribution is 7.99. The van der Waals surface area contributed by atoms with Crippen molar-refractivity contribution in [2.24, 2.45) is 0 Å². The molecule has 5 heteroatoms. The second-order valence-corrected chi connectivity index (χ2v) is 5.79. The summed E-state index contributed by atoms with van der Waals surface area (Å²) in [5.74, 6) is 1.94. The summed E-state index contributed by atoms with van der Waals surface area (Å²) in [4.78, 5) is 18.8. The van der Waals surface area contributed by atoms with Crippen molar-refractivity contribution in [1.82, 2.24) is 4.98 Å². The zero-order valence-electron chi connectivity index (χ0n) is 11.7. The van der Waals surface area contributed by atoms with Crippen LogP contribution in [-0.2, 0) is 4.74 Å². The first-order valence-corrected chi connectivity index (χ1v) is 7.77. The van der Waals surface area contributed by atoms with E-state index in [9.17, 15) is 4.79 Å². The van der Waals surface area contributed by atoms with Gasteiger partial charge in [-0.25, -0.2) is 4.79 Å².